The van der Waals surface area contributed by atoms with Crippen LogP contribution in [-0.4, -0.2) is 34.3 Å². The van der Waals surface area contributed by atoms with Crippen LogP contribution in [0.3, 0.4) is 0 Å². The molecular weight excluding hydrogens is 238 g/mol. The third kappa shape index (κ3) is 1.73. The molecule has 4 nitrogen and oxygen atoms in total. The van der Waals surface area contributed by atoms with Gasteiger partial charge in [-0.25, -0.2) is 4.79 Å². The minimum absolute atomic E-state index is 0.267. The average Bonchev–Trinajstić information content (AvgIpc) is 2.69. The van der Waals surface area contributed by atoms with Gasteiger partial charge < -0.3 is 15.1 Å². The quantitative estimate of drug-likeness (QED) is 0.846. The number of thiophene rings is 1. The van der Waals surface area contributed by atoms with Gasteiger partial charge in [-0.15, -0.1) is 11.3 Å². The maximum absolute atomic E-state index is 10.8. The zero-order valence-electron chi connectivity index (χ0n) is 9.54. The van der Waals surface area contributed by atoms with Crippen molar-refractivity contribution in [2.45, 2.75) is 13.0 Å². The number of fused-ring (bicyclic) bond motifs is 1. The minimum atomic E-state index is -0.836. The Morgan fingerprint density at radius 2 is 2.18 bits per heavy atom. The van der Waals surface area contributed by atoms with E-state index >= 15 is 0 Å². The molecule has 2 heterocycles. The van der Waals surface area contributed by atoms with Crippen LogP contribution in [0.5, 0.6) is 0 Å². The highest BCUT2D eigenvalue weighted by molar-refractivity contribution is 7.10. The van der Waals surface area contributed by atoms with Gasteiger partial charge in [0.2, 0.25) is 0 Å². The van der Waals surface area contributed by atoms with Crippen LogP contribution in [0, 0.1) is 24.7 Å². The summed E-state index contributed by atoms with van der Waals surface area (Å²) in [5, 5.41) is 21.2. The highest BCUT2D eigenvalue weighted by Crippen LogP contribution is 2.57. The highest BCUT2D eigenvalue weighted by Gasteiger charge is 2.59. The molecule has 17 heavy (non-hydrogen) atoms. The lowest BCUT2D eigenvalue weighted by Crippen LogP contribution is -2.30. The number of aliphatic hydroxyl groups excluding tert-OH is 1. The summed E-state index contributed by atoms with van der Waals surface area (Å²) in [7, 11) is 0. The van der Waals surface area contributed by atoms with Crippen molar-refractivity contribution >= 4 is 17.4 Å². The fraction of sp³-hybridized carbons (Fsp3) is 0.583. The van der Waals surface area contributed by atoms with E-state index in [9.17, 15) is 9.90 Å². The molecule has 0 spiro atoms. The molecule has 2 aliphatic rings. The molecule has 1 aromatic rings. The molecule has 3 unspecified atom stereocenters. The largest absolute Gasteiger partial charge is 0.465 e. The van der Waals surface area contributed by atoms with Crippen molar-refractivity contribution < 1.29 is 15.0 Å². The topological polar surface area (TPSA) is 60.8 Å². The van der Waals surface area contributed by atoms with Crippen LogP contribution in [0.2, 0.25) is 0 Å². The number of aryl methyl sites for hydroxylation is 1. The van der Waals surface area contributed by atoms with E-state index in [-0.39, 0.29) is 5.92 Å². The monoisotopic (exact) mass is 253 g/mol. The van der Waals surface area contributed by atoms with E-state index in [1.165, 1.54) is 10.5 Å². The predicted molar refractivity (Wildman–Crippen MR) is 64.1 cm³/mol. The van der Waals surface area contributed by atoms with E-state index in [1.54, 1.807) is 11.3 Å². The van der Waals surface area contributed by atoms with E-state index in [4.69, 9.17) is 5.11 Å². The van der Waals surface area contributed by atoms with Gasteiger partial charge in [-0.05, 0) is 41.7 Å². The molecule has 0 bridgehead atoms. The third-order valence-electron chi connectivity index (χ3n) is 3.94. The molecule has 2 fully saturated rings. The second kappa shape index (κ2) is 3.71. The number of hydrogen-bond acceptors (Lipinski definition) is 3. The Balaban J connectivity index is 1.65. The summed E-state index contributed by atoms with van der Waals surface area (Å²) in [5.74, 6) is 0.996. The van der Waals surface area contributed by atoms with E-state index < -0.39 is 12.2 Å². The smallest absolute Gasteiger partial charge is 0.407 e. The lowest BCUT2D eigenvalue weighted by Gasteiger charge is -2.18. The first-order valence-electron chi connectivity index (χ1n) is 5.79. The van der Waals surface area contributed by atoms with Crippen LogP contribution >= 0.6 is 11.3 Å². The normalized spacial score (nSPS) is 32.4. The first kappa shape index (κ1) is 11.0. The van der Waals surface area contributed by atoms with Crippen LogP contribution in [-0.2, 0) is 0 Å². The van der Waals surface area contributed by atoms with Gasteiger partial charge in [0.05, 0.1) is 6.10 Å². The number of piperidine rings is 1. The number of nitrogens with zero attached hydrogens (tertiary/aromatic N) is 1. The van der Waals surface area contributed by atoms with Gasteiger partial charge >= 0.3 is 6.09 Å². The van der Waals surface area contributed by atoms with Gasteiger partial charge in [-0.2, -0.15) is 0 Å². The third-order valence-corrected chi connectivity index (χ3v) is 5.06. The van der Waals surface area contributed by atoms with Crippen molar-refractivity contribution in [1.82, 2.24) is 4.90 Å². The van der Waals surface area contributed by atoms with Crippen molar-refractivity contribution in [1.29, 1.82) is 0 Å². The first-order valence-corrected chi connectivity index (χ1v) is 6.67. The molecule has 1 aliphatic heterocycles. The zero-order valence-corrected chi connectivity index (χ0v) is 10.4. The van der Waals surface area contributed by atoms with E-state index in [0.717, 1.165) is 4.88 Å². The lowest BCUT2D eigenvalue weighted by molar-refractivity contribution is 0.117. The average molecular weight is 253 g/mol. The molecule has 1 aromatic heterocycles. The van der Waals surface area contributed by atoms with Gasteiger partial charge in [0.1, 0.15) is 0 Å². The van der Waals surface area contributed by atoms with Gasteiger partial charge in [0.25, 0.3) is 0 Å². The highest BCUT2D eigenvalue weighted by atomic mass is 32.1. The molecule has 1 amide bonds. The molecule has 4 atom stereocenters. The molecule has 0 aromatic carbocycles. The number of aliphatic hydroxyl groups is 1. The zero-order chi connectivity index (χ0) is 12.2. The molecule has 2 N–H and O–H groups in total. The van der Waals surface area contributed by atoms with Crippen molar-refractivity contribution in [2.75, 3.05) is 13.1 Å². The van der Waals surface area contributed by atoms with Crippen LogP contribution in [0.1, 0.15) is 16.5 Å². The van der Waals surface area contributed by atoms with Crippen molar-refractivity contribution in [2.24, 2.45) is 17.8 Å². The first-order chi connectivity index (χ1) is 8.08. The van der Waals surface area contributed by atoms with Crippen LogP contribution in [0.25, 0.3) is 0 Å². The Morgan fingerprint density at radius 3 is 2.65 bits per heavy atom. The van der Waals surface area contributed by atoms with Crippen LogP contribution in [0.4, 0.5) is 4.79 Å². The number of amides is 1. The fourth-order valence-electron chi connectivity index (χ4n) is 3.00. The van der Waals surface area contributed by atoms with Crippen LogP contribution in [0.15, 0.2) is 11.4 Å². The fourth-order valence-corrected chi connectivity index (χ4v) is 3.94. The SMILES string of the molecule is Cc1csc(C(O)C2C3CN(C(=O)O)C[C@H]32)c1. The Hall–Kier alpha value is -1.07. The van der Waals surface area contributed by atoms with Crippen molar-refractivity contribution in [3.63, 3.8) is 0 Å². The van der Waals surface area contributed by atoms with Gasteiger partial charge in [-0.1, -0.05) is 0 Å². The summed E-state index contributed by atoms with van der Waals surface area (Å²) < 4.78 is 0. The molecular formula is C12H15NO3S. The standard InChI is InChI=1S/C12H15NO3S/c1-6-2-9(17-5-6)11(14)10-7-3-13(12(15)16)4-8(7)10/h2,5,7-8,10-11,14H,3-4H2,1H3,(H,15,16)/t7-,8?,10?,11?/m1/s1. The maximum Gasteiger partial charge on any atom is 0.407 e. The van der Waals surface area contributed by atoms with E-state index in [2.05, 4.69) is 0 Å². The number of carbonyl (C=O) groups is 1. The Morgan fingerprint density at radius 1 is 1.53 bits per heavy atom. The van der Waals surface area contributed by atoms with E-state index in [1.807, 2.05) is 18.4 Å². The molecule has 5 heteroatoms. The number of carboxylic acid groups (broad SMARTS) is 1. The second-order valence-corrected chi connectivity index (χ2v) is 6.01. The number of rotatable bonds is 2. The van der Waals surface area contributed by atoms with E-state index in [0.29, 0.717) is 24.9 Å². The summed E-state index contributed by atoms with van der Waals surface area (Å²) in [5.41, 5.74) is 1.18. The Bertz CT molecular complexity index is 446. The maximum atomic E-state index is 10.8. The second-order valence-electron chi connectivity index (χ2n) is 5.06. The summed E-state index contributed by atoms with van der Waals surface area (Å²) in [6.07, 6.45) is -1.24. The lowest BCUT2D eigenvalue weighted by atomic mass is 10.1. The minimum Gasteiger partial charge on any atom is -0.465 e. The summed E-state index contributed by atoms with van der Waals surface area (Å²) in [6, 6.07) is 2.03. The molecule has 3 rings (SSSR count). The van der Waals surface area contributed by atoms with Crippen molar-refractivity contribution in [3.05, 3.63) is 21.9 Å². The molecule has 1 saturated heterocycles. The molecule has 1 saturated carbocycles. The summed E-state index contributed by atoms with van der Waals surface area (Å²) >= 11 is 1.59. The van der Waals surface area contributed by atoms with Gasteiger partial charge in [0.15, 0.2) is 0 Å². The molecule has 0 radical (unpaired) electrons. The van der Waals surface area contributed by atoms with Crippen LogP contribution < -0.4 is 0 Å². The number of hydrogen-bond donors (Lipinski definition) is 2. The number of likely N-dealkylation sites (tertiary alicyclic amines) is 1. The van der Waals surface area contributed by atoms with Crippen molar-refractivity contribution in [3.8, 4) is 0 Å². The predicted octanol–water partition coefficient (Wildman–Crippen LogP) is 1.95. The van der Waals surface area contributed by atoms with Gasteiger partial charge in [0, 0.05) is 18.0 Å². The Labute approximate surface area is 103 Å². The van der Waals surface area contributed by atoms with Gasteiger partial charge in [-0.3, -0.25) is 0 Å². The summed E-state index contributed by atoms with van der Waals surface area (Å²) in [6.45, 7) is 3.20. The molecule has 92 valence electrons. The Kier molecular flexibility index (Phi) is 2.41. The summed E-state index contributed by atoms with van der Waals surface area (Å²) in [4.78, 5) is 13.3. The molecule has 1 aliphatic carbocycles.